The maximum atomic E-state index is 15.6. The van der Waals surface area contributed by atoms with Gasteiger partial charge in [-0.15, -0.1) is 0 Å². The van der Waals surface area contributed by atoms with Crippen LogP contribution in [0.1, 0.15) is 74.2 Å². The Hall–Kier alpha value is -2.99. The molecule has 0 spiro atoms. The predicted molar refractivity (Wildman–Crippen MR) is 155 cm³/mol. The van der Waals surface area contributed by atoms with Crippen molar-refractivity contribution in [2.45, 2.75) is 70.9 Å². The standard InChI is InChI=1S/C33H43FN2O3/c1-24-8-5-6-10-25(24)9-4-3-7-20-36-21-18-26(27(23-36)12-16-33(37)38)11-14-31(34)29-17-19-35-32-15-13-28(39-2)22-30(29)32/h5-6,8,10,13,15,17,19,22,26-27,31H,3-4,7,9,11-12,14,16,18,20-21,23H2,1-2H3,(H,37,38)/t26-,27+,31?/m1/s1. The van der Waals surface area contributed by atoms with Gasteiger partial charge >= 0.3 is 5.97 Å². The van der Waals surface area contributed by atoms with E-state index in [1.54, 1.807) is 19.4 Å². The van der Waals surface area contributed by atoms with E-state index in [9.17, 15) is 9.90 Å². The van der Waals surface area contributed by atoms with Crippen LogP contribution in [-0.2, 0) is 11.2 Å². The lowest BCUT2D eigenvalue weighted by atomic mass is 9.79. The Morgan fingerprint density at radius 2 is 1.97 bits per heavy atom. The number of aryl methyl sites for hydroxylation is 2. The van der Waals surface area contributed by atoms with Gasteiger partial charge in [0.2, 0.25) is 0 Å². The molecule has 1 unspecified atom stereocenters. The van der Waals surface area contributed by atoms with Gasteiger partial charge in [-0.1, -0.05) is 30.7 Å². The Balaban J connectivity index is 1.29. The van der Waals surface area contributed by atoms with Crippen molar-refractivity contribution in [3.63, 3.8) is 0 Å². The number of methoxy groups -OCH3 is 1. The van der Waals surface area contributed by atoms with Crippen molar-refractivity contribution in [2.24, 2.45) is 11.8 Å². The van der Waals surface area contributed by atoms with Gasteiger partial charge in [-0.2, -0.15) is 0 Å². The molecule has 3 aromatic rings. The van der Waals surface area contributed by atoms with E-state index in [2.05, 4.69) is 41.1 Å². The number of fused-ring (bicyclic) bond motifs is 1. The number of unbranched alkanes of at least 4 members (excludes halogenated alkanes) is 2. The van der Waals surface area contributed by atoms with Gasteiger partial charge in [-0.3, -0.25) is 9.78 Å². The molecule has 39 heavy (non-hydrogen) atoms. The molecule has 0 amide bonds. The largest absolute Gasteiger partial charge is 0.497 e. The number of nitrogens with zero attached hydrogens (tertiary/aromatic N) is 2. The first kappa shape index (κ1) is 29.0. The minimum Gasteiger partial charge on any atom is -0.497 e. The second-order valence-corrected chi connectivity index (χ2v) is 11.1. The molecular weight excluding hydrogens is 491 g/mol. The van der Waals surface area contributed by atoms with E-state index < -0.39 is 12.1 Å². The first-order valence-corrected chi connectivity index (χ1v) is 14.5. The fourth-order valence-electron chi connectivity index (χ4n) is 6.16. The molecule has 1 N–H and O–H groups in total. The van der Waals surface area contributed by atoms with E-state index >= 15 is 4.39 Å². The van der Waals surface area contributed by atoms with Crippen molar-refractivity contribution in [1.29, 1.82) is 0 Å². The molecule has 3 atom stereocenters. The fraction of sp³-hybridized carbons (Fsp3) is 0.515. The SMILES string of the molecule is COc1ccc2nccc(C(F)CC[C@@H]3CCN(CCCCCc4ccccc4C)C[C@@H]3CCC(=O)O)c2c1. The minimum atomic E-state index is -1.09. The number of piperidine rings is 1. The van der Waals surface area contributed by atoms with E-state index in [4.69, 9.17) is 4.74 Å². The highest BCUT2D eigenvalue weighted by molar-refractivity contribution is 5.83. The molecule has 1 fully saturated rings. The van der Waals surface area contributed by atoms with Crippen LogP contribution in [0.4, 0.5) is 4.39 Å². The lowest BCUT2D eigenvalue weighted by Gasteiger charge is -2.39. The topological polar surface area (TPSA) is 62.7 Å². The zero-order valence-electron chi connectivity index (χ0n) is 23.4. The molecule has 0 aliphatic carbocycles. The van der Waals surface area contributed by atoms with Gasteiger partial charge < -0.3 is 14.7 Å². The van der Waals surface area contributed by atoms with Crippen LogP contribution in [0.3, 0.4) is 0 Å². The van der Waals surface area contributed by atoms with Gasteiger partial charge in [0.1, 0.15) is 11.9 Å². The maximum absolute atomic E-state index is 15.6. The quantitative estimate of drug-likeness (QED) is 0.216. The summed E-state index contributed by atoms with van der Waals surface area (Å²) in [6, 6.07) is 16.0. The van der Waals surface area contributed by atoms with Crippen molar-refractivity contribution in [1.82, 2.24) is 9.88 Å². The van der Waals surface area contributed by atoms with Crippen molar-refractivity contribution in [3.05, 3.63) is 71.4 Å². The number of likely N-dealkylation sites (tertiary alicyclic amines) is 1. The van der Waals surface area contributed by atoms with E-state index in [1.807, 2.05) is 18.2 Å². The molecule has 4 rings (SSSR count). The zero-order chi connectivity index (χ0) is 27.6. The smallest absolute Gasteiger partial charge is 0.303 e. The van der Waals surface area contributed by atoms with E-state index in [-0.39, 0.29) is 6.42 Å². The molecule has 0 saturated carbocycles. The minimum absolute atomic E-state index is 0.180. The number of halogens is 1. The summed E-state index contributed by atoms with van der Waals surface area (Å²) in [6.45, 7) is 5.17. The van der Waals surface area contributed by atoms with E-state index in [1.165, 1.54) is 24.0 Å². The van der Waals surface area contributed by atoms with E-state index in [0.717, 1.165) is 56.2 Å². The lowest BCUT2D eigenvalue weighted by molar-refractivity contribution is -0.137. The number of carboxylic acids is 1. The summed E-state index contributed by atoms with van der Waals surface area (Å²) in [6.07, 6.45) is 8.31. The second kappa shape index (κ2) is 14.4. The molecular formula is C33H43FN2O3. The van der Waals surface area contributed by atoms with Gasteiger partial charge in [0.15, 0.2) is 0 Å². The van der Waals surface area contributed by atoms with Crippen LogP contribution >= 0.6 is 0 Å². The molecule has 210 valence electrons. The molecule has 2 aromatic carbocycles. The first-order chi connectivity index (χ1) is 18.9. The lowest BCUT2D eigenvalue weighted by Crippen LogP contribution is -2.41. The van der Waals surface area contributed by atoms with Crippen molar-refractivity contribution >= 4 is 16.9 Å². The summed E-state index contributed by atoms with van der Waals surface area (Å²) in [4.78, 5) is 18.2. The second-order valence-electron chi connectivity index (χ2n) is 11.1. The highest BCUT2D eigenvalue weighted by Crippen LogP contribution is 2.36. The summed E-state index contributed by atoms with van der Waals surface area (Å²) < 4.78 is 20.9. The number of rotatable bonds is 14. The molecule has 5 nitrogen and oxygen atoms in total. The van der Waals surface area contributed by atoms with Crippen LogP contribution in [0.5, 0.6) is 5.75 Å². The highest BCUT2D eigenvalue weighted by atomic mass is 19.1. The number of carboxylic acid groups (broad SMARTS) is 1. The number of alkyl halides is 1. The Bertz CT molecular complexity index is 1220. The Morgan fingerprint density at radius 3 is 2.77 bits per heavy atom. The molecule has 1 saturated heterocycles. The van der Waals surface area contributed by atoms with Crippen LogP contribution in [0.25, 0.3) is 10.9 Å². The van der Waals surface area contributed by atoms with Crippen molar-refractivity contribution in [3.8, 4) is 5.75 Å². The monoisotopic (exact) mass is 534 g/mol. The normalized spacial score (nSPS) is 18.7. The zero-order valence-corrected chi connectivity index (χ0v) is 23.4. The Morgan fingerprint density at radius 1 is 1.13 bits per heavy atom. The highest BCUT2D eigenvalue weighted by Gasteiger charge is 2.30. The van der Waals surface area contributed by atoms with Gasteiger partial charge in [0.05, 0.1) is 12.6 Å². The molecule has 2 heterocycles. The van der Waals surface area contributed by atoms with Crippen LogP contribution in [0, 0.1) is 18.8 Å². The molecule has 1 aliphatic rings. The molecule has 1 aromatic heterocycles. The van der Waals surface area contributed by atoms with Crippen LogP contribution < -0.4 is 4.74 Å². The summed E-state index contributed by atoms with van der Waals surface area (Å²) in [7, 11) is 1.61. The average Bonchev–Trinajstić information content (AvgIpc) is 2.95. The Labute approximate surface area is 232 Å². The predicted octanol–water partition coefficient (Wildman–Crippen LogP) is 7.56. The summed E-state index contributed by atoms with van der Waals surface area (Å²) >= 11 is 0. The summed E-state index contributed by atoms with van der Waals surface area (Å²) in [5.74, 6) is 0.591. The number of benzene rings is 2. The molecule has 0 radical (unpaired) electrons. The fourth-order valence-corrected chi connectivity index (χ4v) is 6.16. The number of aromatic nitrogens is 1. The number of hydrogen-bond acceptors (Lipinski definition) is 4. The van der Waals surface area contributed by atoms with Crippen LogP contribution in [0.15, 0.2) is 54.7 Å². The number of hydrogen-bond donors (Lipinski definition) is 1. The van der Waals surface area contributed by atoms with E-state index in [0.29, 0.717) is 36.0 Å². The molecule has 6 heteroatoms. The van der Waals surface area contributed by atoms with Gasteiger partial charge in [0, 0.05) is 24.5 Å². The number of aliphatic carboxylic acids is 1. The Kier molecular flexibility index (Phi) is 10.7. The third-order valence-corrected chi connectivity index (χ3v) is 8.50. The third kappa shape index (κ3) is 8.25. The first-order valence-electron chi connectivity index (χ1n) is 14.5. The number of carbonyl (C=O) groups is 1. The summed E-state index contributed by atoms with van der Waals surface area (Å²) in [5, 5.41) is 10.1. The molecule has 0 bridgehead atoms. The average molecular weight is 535 g/mol. The molecule has 1 aliphatic heterocycles. The van der Waals surface area contributed by atoms with Gasteiger partial charge in [-0.05, 0) is 118 Å². The number of pyridine rings is 1. The van der Waals surface area contributed by atoms with Crippen molar-refractivity contribution in [2.75, 3.05) is 26.7 Å². The maximum Gasteiger partial charge on any atom is 0.303 e. The van der Waals surface area contributed by atoms with Gasteiger partial charge in [-0.25, -0.2) is 4.39 Å². The van der Waals surface area contributed by atoms with Crippen molar-refractivity contribution < 1.29 is 19.0 Å². The van der Waals surface area contributed by atoms with Crippen LogP contribution in [0.2, 0.25) is 0 Å². The number of ether oxygens (including phenoxy) is 1. The third-order valence-electron chi connectivity index (χ3n) is 8.50. The van der Waals surface area contributed by atoms with Crippen LogP contribution in [-0.4, -0.2) is 47.7 Å². The summed E-state index contributed by atoms with van der Waals surface area (Å²) in [5.41, 5.74) is 4.23. The van der Waals surface area contributed by atoms with Gasteiger partial charge in [0.25, 0.3) is 0 Å².